The molecule has 0 spiro atoms. The fourth-order valence-corrected chi connectivity index (χ4v) is 2.61. The lowest BCUT2D eigenvalue weighted by Gasteiger charge is -2.27. The molecule has 0 heterocycles. The number of carbonyl (C=O) groups excluding carboxylic acids is 1. The molecule has 2 rings (SSSR count). The monoisotopic (exact) mass is 373 g/mol. The largest absolute Gasteiger partial charge is 0.480 e. The smallest absolute Gasteiger partial charge is 0.326 e. The third-order valence-electron chi connectivity index (χ3n) is 3.45. The van der Waals surface area contributed by atoms with Gasteiger partial charge in [0.25, 0.3) is 5.91 Å². The van der Waals surface area contributed by atoms with E-state index in [0.29, 0.717) is 5.56 Å². The van der Waals surface area contributed by atoms with Crippen molar-refractivity contribution < 1.29 is 14.7 Å². The minimum atomic E-state index is -0.955. The molecule has 1 aliphatic carbocycles. The lowest BCUT2D eigenvalue weighted by atomic mass is 10.1. The maximum atomic E-state index is 12.6. The molecule has 1 saturated carbocycles. The second-order valence-electron chi connectivity index (χ2n) is 4.87. The van der Waals surface area contributed by atoms with Crippen molar-refractivity contribution in [1.29, 1.82) is 0 Å². The number of carbonyl (C=O) groups is 2. The van der Waals surface area contributed by atoms with Gasteiger partial charge in [0.05, 0.1) is 0 Å². The molecule has 1 aromatic carbocycles. The molecule has 1 unspecified atom stereocenters. The number of amides is 1. The molecule has 102 valence electrons. The van der Waals surface area contributed by atoms with Gasteiger partial charge < -0.3 is 10.0 Å². The first-order valence-electron chi connectivity index (χ1n) is 6.24. The van der Waals surface area contributed by atoms with Gasteiger partial charge in [0.2, 0.25) is 0 Å². The summed E-state index contributed by atoms with van der Waals surface area (Å²) in [6.07, 6.45) is 1.79. The van der Waals surface area contributed by atoms with Gasteiger partial charge in [0.1, 0.15) is 6.04 Å². The number of benzene rings is 1. The summed E-state index contributed by atoms with van der Waals surface area (Å²) in [7, 11) is 0. The van der Waals surface area contributed by atoms with Crippen molar-refractivity contribution in [2.75, 3.05) is 0 Å². The van der Waals surface area contributed by atoms with Gasteiger partial charge in [-0.05, 0) is 67.0 Å². The van der Waals surface area contributed by atoms with Crippen molar-refractivity contribution in [3.8, 4) is 0 Å². The Kier molecular flexibility index (Phi) is 4.13. The van der Waals surface area contributed by atoms with E-state index < -0.39 is 12.0 Å². The number of carboxylic acid groups (broad SMARTS) is 1. The van der Waals surface area contributed by atoms with Crippen molar-refractivity contribution >= 4 is 34.5 Å². The molecule has 0 bridgehead atoms. The molecule has 1 fully saturated rings. The number of hydrogen-bond donors (Lipinski definition) is 1. The quantitative estimate of drug-likeness (QED) is 0.826. The Morgan fingerprint density at radius 2 is 2.05 bits per heavy atom. The number of rotatable bonds is 4. The lowest BCUT2D eigenvalue weighted by molar-refractivity contribution is -0.141. The van der Waals surface area contributed by atoms with Crippen molar-refractivity contribution in [2.24, 2.45) is 0 Å². The Labute approximate surface area is 125 Å². The highest BCUT2D eigenvalue weighted by Gasteiger charge is 2.39. The second-order valence-corrected chi connectivity index (χ2v) is 6.03. The highest BCUT2D eigenvalue weighted by molar-refractivity contribution is 14.1. The van der Waals surface area contributed by atoms with Crippen LogP contribution in [0.3, 0.4) is 0 Å². The van der Waals surface area contributed by atoms with Crippen LogP contribution in [-0.2, 0) is 4.79 Å². The maximum Gasteiger partial charge on any atom is 0.326 e. The zero-order valence-corrected chi connectivity index (χ0v) is 13.0. The van der Waals surface area contributed by atoms with E-state index in [1.54, 1.807) is 13.0 Å². The van der Waals surface area contributed by atoms with E-state index in [1.165, 1.54) is 4.90 Å². The summed E-state index contributed by atoms with van der Waals surface area (Å²) in [5.41, 5.74) is 1.52. The molecule has 5 heteroatoms. The predicted molar refractivity (Wildman–Crippen MR) is 80.2 cm³/mol. The van der Waals surface area contributed by atoms with Crippen LogP contribution in [0.2, 0.25) is 0 Å². The van der Waals surface area contributed by atoms with E-state index in [1.807, 2.05) is 19.1 Å². The van der Waals surface area contributed by atoms with Crippen LogP contribution in [0.5, 0.6) is 0 Å². The zero-order chi connectivity index (χ0) is 14.2. The summed E-state index contributed by atoms with van der Waals surface area (Å²) in [5.74, 6) is -1.13. The van der Waals surface area contributed by atoms with Crippen LogP contribution in [0.4, 0.5) is 0 Å². The fraction of sp³-hybridized carbons (Fsp3) is 0.429. The third kappa shape index (κ3) is 2.91. The Bertz CT molecular complexity index is 525. The fourth-order valence-electron chi connectivity index (χ4n) is 2.11. The van der Waals surface area contributed by atoms with Crippen LogP contribution >= 0.6 is 22.6 Å². The van der Waals surface area contributed by atoms with E-state index in [2.05, 4.69) is 22.6 Å². The van der Waals surface area contributed by atoms with Gasteiger partial charge in [0, 0.05) is 15.2 Å². The van der Waals surface area contributed by atoms with Gasteiger partial charge in [0.15, 0.2) is 0 Å². The molecule has 4 nitrogen and oxygen atoms in total. The Balaban J connectivity index is 2.34. The minimum Gasteiger partial charge on any atom is -0.480 e. The van der Waals surface area contributed by atoms with Gasteiger partial charge in [-0.15, -0.1) is 0 Å². The summed E-state index contributed by atoms with van der Waals surface area (Å²) in [6.45, 7) is 3.47. The first-order valence-corrected chi connectivity index (χ1v) is 7.32. The van der Waals surface area contributed by atoms with Gasteiger partial charge >= 0.3 is 5.97 Å². The summed E-state index contributed by atoms with van der Waals surface area (Å²) in [5, 5.41) is 9.15. The van der Waals surface area contributed by atoms with Crippen LogP contribution in [0.15, 0.2) is 18.2 Å². The number of halogens is 1. The molecular weight excluding hydrogens is 357 g/mol. The van der Waals surface area contributed by atoms with E-state index in [0.717, 1.165) is 22.0 Å². The molecule has 1 amide bonds. The van der Waals surface area contributed by atoms with Gasteiger partial charge in [-0.3, -0.25) is 4.79 Å². The van der Waals surface area contributed by atoms with Crippen molar-refractivity contribution in [3.05, 3.63) is 32.9 Å². The minimum absolute atomic E-state index is 0.0795. The maximum absolute atomic E-state index is 12.6. The third-order valence-corrected chi connectivity index (χ3v) is 4.62. The van der Waals surface area contributed by atoms with Crippen LogP contribution in [0.25, 0.3) is 0 Å². The number of carboxylic acids is 1. The molecule has 1 N–H and O–H groups in total. The van der Waals surface area contributed by atoms with Crippen molar-refractivity contribution in [1.82, 2.24) is 4.90 Å². The molecule has 0 saturated heterocycles. The Hall–Kier alpha value is -1.11. The standard InChI is InChI=1S/C14H16INO3/c1-8-11(4-3-5-12(8)15)13(17)16(10-6-7-10)9(2)14(18)19/h3-5,9-10H,6-7H2,1-2H3,(H,18,19). The summed E-state index contributed by atoms with van der Waals surface area (Å²) in [6, 6.07) is 4.84. The van der Waals surface area contributed by atoms with Crippen LogP contribution in [0.1, 0.15) is 35.7 Å². The highest BCUT2D eigenvalue weighted by atomic mass is 127. The molecule has 0 aromatic heterocycles. The van der Waals surface area contributed by atoms with Crippen molar-refractivity contribution in [2.45, 2.75) is 38.8 Å². The number of hydrogen-bond acceptors (Lipinski definition) is 2. The summed E-state index contributed by atoms with van der Waals surface area (Å²) >= 11 is 2.18. The first kappa shape index (κ1) is 14.3. The second kappa shape index (κ2) is 5.48. The summed E-state index contributed by atoms with van der Waals surface area (Å²) in [4.78, 5) is 25.3. The Morgan fingerprint density at radius 1 is 1.42 bits per heavy atom. The summed E-state index contributed by atoms with van der Waals surface area (Å²) < 4.78 is 1.02. The topological polar surface area (TPSA) is 57.6 Å². The average Bonchev–Trinajstić information content (AvgIpc) is 3.17. The molecule has 19 heavy (non-hydrogen) atoms. The van der Waals surface area contributed by atoms with Gasteiger partial charge in [-0.2, -0.15) is 0 Å². The van der Waals surface area contributed by atoms with E-state index in [-0.39, 0.29) is 11.9 Å². The van der Waals surface area contributed by atoms with E-state index in [4.69, 9.17) is 5.11 Å². The van der Waals surface area contributed by atoms with E-state index >= 15 is 0 Å². The predicted octanol–water partition coefficient (Wildman–Crippen LogP) is 2.68. The average molecular weight is 373 g/mol. The van der Waals surface area contributed by atoms with Gasteiger partial charge in [-0.25, -0.2) is 4.79 Å². The van der Waals surface area contributed by atoms with Gasteiger partial charge in [-0.1, -0.05) is 6.07 Å². The van der Waals surface area contributed by atoms with Crippen molar-refractivity contribution in [3.63, 3.8) is 0 Å². The lowest BCUT2D eigenvalue weighted by Crippen LogP contribution is -2.45. The molecule has 1 aromatic rings. The molecular formula is C14H16INO3. The molecule has 1 aliphatic rings. The molecule has 0 radical (unpaired) electrons. The molecule has 1 atom stereocenters. The Morgan fingerprint density at radius 3 is 2.58 bits per heavy atom. The number of nitrogens with zero attached hydrogens (tertiary/aromatic N) is 1. The highest BCUT2D eigenvalue weighted by Crippen LogP contribution is 2.31. The first-order chi connectivity index (χ1) is 8.93. The van der Waals surface area contributed by atoms with Crippen LogP contribution in [0, 0.1) is 10.5 Å². The van der Waals surface area contributed by atoms with E-state index in [9.17, 15) is 9.59 Å². The number of aliphatic carboxylic acids is 1. The van der Waals surface area contributed by atoms with Crippen LogP contribution < -0.4 is 0 Å². The zero-order valence-electron chi connectivity index (χ0n) is 10.9. The molecule has 0 aliphatic heterocycles. The van der Waals surface area contributed by atoms with Crippen LogP contribution in [-0.4, -0.2) is 34.0 Å². The SMILES string of the molecule is Cc1c(I)cccc1C(=O)N(C1CC1)C(C)C(=O)O. The normalized spacial score (nSPS) is 15.9.